The van der Waals surface area contributed by atoms with Gasteiger partial charge in [0.2, 0.25) is 0 Å². The van der Waals surface area contributed by atoms with Gasteiger partial charge >= 0.3 is 0 Å². The third-order valence-corrected chi connectivity index (χ3v) is 5.65. The van der Waals surface area contributed by atoms with E-state index in [4.69, 9.17) is 5.73 Å². The van der Waals surface area contributed by atoms with Crippen LogP contribution in [0.4, 0.5) is 0 Å². The minimum Gasteiger partial charge on any atom is -0.329 e. The number of rotatable bonds is 4. The van der Waals surface area contributed by atoms with E-state index in [1.807, 2.05) is 0 Å². The average molecular weight is 286 g/mol. The molecular formula is C19H30N2. The Kier molecular flexibility index (Phi) is 5.32. The SMILES string of the molecule is NCC(C1CCCCCC1)N1CCC(c2ccccc2)C1. The molecule has 1 aliphatic heterocycles. The lowest BCUT2D eigenvalue weighted by atomic mass is 9.90. The lowest BCUT2D eigenvalue weighted by Crippen LogP contribution is -2.44. The maximum atomic E-state index is 6.18. The highest BCUT2D eigenvalue weighted by atomic mass is 15.2. The van der Waals surface area contributed by atoms with Crippen LogP contribution in [0.5, 0.6) is 0 Å². The minimum absolute atomic E-state index is 0.622. The van der Waals surface area contributed by atoms with Crippen molar-refractivity contribution in [2.24, 2.45) is 11.7 Å². The summed E-state index contributed by atoms with van der Waals surface area (Å²) < 4.78 is 0. The molecule has 1 aliphatic carbocycles. The number of nitrogens with two attached hydrogens (primary N) is 1. The molecule has 0 spiro atoms. The van der Waals surface area contributed by atoms with E-state index in [0.29, 0.717) is 12.0 Å². The van der Waals surface area contributed by atoms with Crippen molar-refractivity contribution in [1.82, 2.24) is 4.90 Å². The Labute approximate surface area is 129 Å². The molecule has 3 rings (SSSR count). The molecule has 1 heterocycles. The van der Waals surface area contributed by atoms with Crippen molar-refractivity contribution in [2.75, 3.05) is 19.6 Å². The molecule has 0 amide bonds. The summed E-state index contributed by atoms with van der Waals surface area (Å²) in [6.07, 6.45) is 9.78. The fraction of sp³-hybridized carbons (Fsp3) is 0.684. The van der Waals surface area contributed by atoms with E-state index >= 15 is 0 Å². The van der Waals surface area contributed by atoms with Gasteiger partial charge in [0.15, 0.2) is 0 Å². The summed E-state index contributed by atoms with van der Waals surface area (Å²) in [6.45, 7) is 3.28. The molecule has 2 N–H and O–H groups in total. The van der Waals surface area contributed by atoms with E-state index in [0.717, 1.165) is 12.5 Å². The standard InChI is InChI=1S/C19H30N2/c20-14-19(17-10-4-1-2-5-11-17)21-13-12-18(15-21)16-8-6-3-7-9-16/h3,6-9,17-19H,1-2,4-5,10-15,20H2. The minimum atomic E-state index is 0.622. The topological polar surface area (TPSA) is 29.3 Å². The first-order valence-corrected chi connectivity index (χ1v) is 8.87. The summed E-state index contributed by atoms with van der Waals surface area (Å²) >= 11 is 0. The zero-order valence-electron chi connectivity index (χ0n) is 13.2. The summed E-state index contributed by atoms with van der Waals surface area (Å²) in [7, 11) is 0. The highest BCUT2D eigenvalue weighted by molar-refractivity contribution is 5.21. The predicted molar refractivity (Wildman–Crippen MR) is 89.4 cm³/mol. The Morgan fingerprint density at radius 1 is 1.00 bits per heavy atom. The summed E-state index contributed by atoms with van der Waals surface area (Å²) in [6, 6.07) is 11.7. The Balaban J connectivity index is 1.63. The Bertz CT molecular complexity index is 409. The normalized spacial score (nSPS) is 26.6. The summed E-state index contributed by atoms with van der Waals surface area (Å²) in [5.74, 6) is 1.55. The maximum Gasteiger partial charge on any atom is 0.0246 e. The highest BCUT2D eigenvalue weighted by Crippen LogP contribution is 2.33. The van der Waals surface area contributed by atoms with Gasteiger partial charge in [-0.25, -0.2) is 0 Å². The van der Waals surface area contributed by atoms with E-state index in [2.05, 4.69) is 35.2 Å². The van der Waals surface area contributed by atoms with Crippen LogP contribution in [-0.2, 0) is 0 Å². The highest BCUT2D eigenvalue weighted by Gasteiger charge is 2.32. The third kappa shape index (κ3) is 3.67. The van der Waals surface area contributed by atoms with Gasteiger partial charge < -0.3 is 5.73 Å². The molecule has 1 saturated heterocycles. The Morgan fingerprint density at radius 3 is 2.38 bits per heavy atom. The van der Waals surface area contributed by atoms with Crippen LogP contribution in [-0.4, -0.2) is 30.6 Å². The molecule has 0 radical (unpaired) electrons. The van der Waals surface area contributed by atoms with Crippen LogP contribution in [0.25, 0.3) is 0 Å². The fourth-order valence-corrected chi connectivity index (χ4v) is 4.42. The van der Waals surface area contributed by atoms with Crippen molar-refractivity contribution in [3.63, 3.8) is 0 Å². The van der Waals surface area contributed by atoms with Gasteiger partial charge in [-0.15, -0.1) is 0 Å². The van der Waals surface area contributed by atoms with Gasteiger partial charge in [-0.2, -0.15) is 0 Å². The molecule has 21 heavy (non-hydrogen) atoms. The zero-order chi connectivity index (χ0) is 14.5. The molecule has 0 aromatic heterocycles. The van der Waals surface area contributed by atoms with Gasteiger partial charge in [-0.1, -0.05) is 56.0 Å². The largest absolute Gasteiger partial charge is 0.329 e. The van der Waals surface area contributed by atoms with E-state index < -0.39 is 0 Å². The van der Waals surface area contributed by atoms with Gasteiger partial charge in [0.1, 0.15) is 0 Å². The lowest BCUT2D eigenvalue weighted by molar-refractivity contribution is 0.164. The molecular weight excluding hydrogens is 256 g/mol. The second-order valence-electron chi connectivity index (χ2n) is 6.95. The zero-order valence-corrected chi connectivity index (χ0v) is 13.2. The lowest BCUT2D eigenvalue weighted by Gasteiger charge is -2.33. The second kappa shape index (κ2) is 7.42. The third-order valence-electron chi connectivity index (χ3n) is 5.65. The average Bonchev–Trinajstić information content (AvgIpc) is 2.86. The van der Waals surface area contributed by atoms with Crippen molar-refractivity contribution in [1.29, 1.82) is 0 Å². The first-order chi connectivity index (χ1) is 10.4. The monoisotopic (exact) mass is 286 g/mol. The number of hydrogen-bond acceptors (Lipinski definition) is 2. The molecule has 2 unspecified atom stereocenters. The van der Waals surface area contributed by atoms with Crippen LogP contribution in [0, 0.1) is 5.92 Å². The molecule has 2 heteroatoms. The quantitative estimate of drug-likeness (QED) is 0.854. The Morgan fingerprint density at radius 2 is 1.71 bits per heavy atom. The fourth-order valence-electron chi connectivity index (χ4n) is 4.42. The van der Waals surface area contributed by atoms with Gasteiger partial charge in [0, 0.05) is 19.1 Å². The first-order valence-electron chi connectivity index (χ1n) is 8.87. The van der Waals surface area contributed by atoms with Crippen molar-refractivity contribution < 1.29 is 0 Å². The van der Waals surface area contributed by atoms with Gasteiger partial charge in [0.05, 0.1) is 0 Å². The number of benzene rings is 1. The Hall–Kier alpha value is -0.860. The number of likely N-dealkylation sites (tertiary alicyclic amines) is 1. The van der Waals surface area contributed by atoms with E-state index in [1.54, 1.807) is 0 Å². The summed E-state index contributed by atoms with van der Waals surface area (Å²) in [4.78, 5) is 2.70. The van der Waals surface area contributed by atoms with Crippen molar-refractivity contribution >= 4 is 0 Å². The molecule has 1 aromatic carbocycles. The van der Waals surface area contributed by atoms with Crippen LogP contribution < -0.4 is 5.73 Å². The molecule has 116 valence electrons. The molecule has 2 nitrogen and oxygen atoms in total. The van der Waals surface area contributed by atoms with E-state index in [1.165, 1.54) is 63.6 Å². The molecule has 1 aromatic rings. The van der Waals surface area contributed by atoms with Gasteiger partial charge in [-0.05, 0) is 43.2 Å². The summed E-state index contributed by atoms with van der Waals surface area (Å²) in [5.41, 5.74) is 7.69. The van der Waals surface area contributed by atoms with Gasteiger partial charge in [0.25, 0.3) is 0 Å². The first kappa shape index (κ1) is 15.1. The van der Waals surface area contributed by atoms with Crippen molar-refractivity contribution in [3.05, 3.63) is 35.9 Å². The van der Waals surface area contributed by atoms with Crippen molar-refractivity contribution in [2.45, 2.75) is 56.9 Å². The number of nitrogens with zero attached hydrogens (tertiary/aromatic N) is 1. The smallest absolute Gasteiger partial charge is 0.0246 e. The van der Waals surface area contributed by atoms with Crippen LogP contribution in [0.2, 0.25) is 0 Å². The maximum absolute atomic E-state index is 6.18. The second-order valence-corrected chi connectivity index (χ2v) is 6.95. The molecule has 2 atom stereocenters. The molecule has 2 fully saturated rings. The molecule has 1 saturated carbocycles. The number of hydrogen-bond donors (Lipinski definition) is 1. The van der Waals surface area contributed by atoms with Gasteiger partial charge in [-0.3, -0.25) is 4.90 Å². The van der Waals surface area contributed by atoms with Crippen LogP contribution in [0.1, 0.15) is 56.4 Å². The van der Waals surface area contributed by atoms with E-state index in [-0.39, 0.29) is 0 Å². The van der Waals surface area contributed by atoms with Crippen LogP contribution in [0.15, 0.2) is 30.3 Å². The molecule has 0 bridgehead atoms. The van der Waals surface area contributed by atoms with Crippen LogP contribution in [0.3, 0.4) is 0 Å². The summed E-state index contributed by atoms with van der Waals surface area (Å²) in [5, 5.41) is 0. The van der Waals surface area contributed by atoms with E-state index in [9.17, 15) is 0 Å². The predicted octanol–water partition coefficient (Wildman–Crippen LogP) is 3.77. The van der Waals surface area contributed by atoms with Crippen LogP contribution >= 0.6 is 0 Å². The molecule has 2 aliphatic rings. The van der Waals surface area contributed by atoms with Crippen molar-refractivity contribution in [3.8, 4) is 0 Å².